The second-order valence-corrected chi connectivity index (χ2v) is 6.50. The fourth-order valence-electron chi connectivity index (χ4n) is 2.82. The summed E-state index contributed by atoms with van der Waals surface area (Å²) in [5.41, 5.74) is 7.74. The van der Waals surface area contributed by atoms with Gasteiger partial charge in [0, 0.05) is 29.7 Å². The average molecular weight is 345 g/mol. The van der Waals surface area contributed by atoms with E-state index in [2.05, 4.69) is 0 Å². The first-order chi connectivity index (χ1) is 11.6. The molecule has 2 aromatic carbocycles. The van der Waals surface area contributed by atoms with E-state index in [-0.39, 0.29) is 11.9 Å². The van der Waals surface area contributed by atoms with Crippen molar-refractivity contribution >= 4 is 17.5 Å². The number of hydrogen-bond acceptors (Lipinski definition) is 3. The number of benzene rings is 2. The topological polar surface area (TPSA) is 55.6 Å². The molecule has 126 valence electrons. The van der Waals surface area contributed by atoms with Crippen molar-refractivity contribution in [1.82, 2.24) is 4.90 Å². The van der Waals surface area contributed by atoms with Gasteiger partial charge in [-0.2, -0.15) is 0 Å². The van der Waals surface area contributed by atoms with Crippen LogP contribution in [0.15, 0.2) is 48.5 Å². The summed E-state index contributed by atoms with van der Waals surface area (Å²) in [6, 6.07) is 15.3. The van der Waals surface area contributed by atoms with Gasteiger partial charge in [0.1, 0.15) is 12.4 Å². The lowest BCUT2D eigenvalue weighted by Crippen LogP contribution is -2.32. The summed E-state index contributed by atoms with van der Waals surface area (Å²) >= 11 is 6.13. The highest BCUT2D eigenvalue weighted by Crippen LogP contribution is 2.20. The summed E-state index contributed by atoms with van der Waals surface area (Å²) in [6.07, 6.45) is 1.25. The normalized spacial score (nSPS) is 17.1. The number of ether oxygens (including phenoxy) is 1. The Morgan fingerprint density at radius 3 is 2.83 bits per heavy atom. The molecule has 0 unspecified atom stereocenters. The number of amides is 1. The summed E-state index contributed by atoms with van der Waals surface area (Å²) in [7, 11) is 0. The molecule has 2 aromatic rings. The average Bonchev–Trinajstić information content (AvgIpc) is 3.01. The Morgan fingerprint density at radius 2 is 2.08 bits per heavy atom. The fraction of sp³-hybridized carbons (Fsp3) is 0.316. The van der Waals surface area contributed by atoms with Gasteiger partial charge in [-0.1, -0.05) is 41.9 Å². The SMILES string of the molecule is N[C@@H]1CCN(C(=O)Cc2cccc(OCc3ccccc3Cl)c2)C1. The molecule has 1 atom stereocenters. The number of carbonyl (C=O) groups excluding carboxylic acids is 1. The van der Waals surface area contributed by atoms with Crippen molar-refractivity contribution in [3.63, 3.8) is 0 Å². The molecular weight excluding hydrogens is 324 g/mol. The molecule has 0 aromatic heterocycles. The highest BCUT2D eigenvalue weighted by atomic mass is 35.5. The number of halogens is 1. The molecule has 3 rings (SSSR count). The van der Waals surface area contributed by atoms with Crippen LogP contribution in [0.4, 0.5) is 0 Å². The van der Waals surface area contributed by atoms with Crippen LogP contribution in [0.5, 0.6) is 5.75 Å². The van der Waals surface area contributed by atoms with E-state index in [1.54, 1.807) is 0 Å². The molecule has 0 spiro atoms. The number of likely N-dealkylation sites (tertiary alicyclic amines) is 1. The van der Waals surface area contributed by atoms with Gasteiger partial charge in [0.2, 0.25) is 5.91 Å². The standard InChI is InChI=1S/C19H21ClN2O2/c20-18-7-2-1-5-15(18)13-24-17-6-3-4-14(10-17)11-19(23)22-9-8-16(21)12-22/h1-7,10,16H,8-9,11-13,21H2/t16-/m1/s1. The molecular formula is C19H21ClN2O2. The van der Waals surface area contributed by atoms with Gasteiger partial charge < -0.3 is 15.4 Å². The second-order valence-electron chi connectivity index (χ2n) is 6.09. The molecule has 0 bridgehead atoms. The molecule has 24 heavy (non-hydrogen) atoms. The lowest BCUT2D eigenvalue weighted by molar-refractivity contribution is -0.129. The third-order valence-corrected chi connectivity index (χ3v) is 4.55. The first kappa shape index (κ1) is 16.8. The fourth-order valence-corrected chi connectivity index (χ4v) is 3.01. The van der Waals surface area contributed by atoms with Crippen molar-refractivity contribution in [2.24, 2.45) is 5.73 Å². The summed E-state index contributed by atoms with van der Waals surface area (Å²) in [6.45, 7) is 1.81. The zero-order valence-corrected chi connectivity index (χ0v) is 14.2. The Hall–Kier alpha value is -2.04. The molecule has 4 nitrogen and oxygen atoms in total. The number of nitrogens with two attached hydrogens (primary N) is 1. The molecule has 1 amide bonds. The summed E-state index contributed by atoms with van der Waals surface area (Å²) in [4.78, 5) is 14.1. The van der Waals surface area contributed by atoms with Crippen molar-refractivity contribution in [1.29, 1.82) is 0 Å². The third-order valence-electron chi connectivity index (χ3n) is 4.18. The van der Waals surface area contributed by atoms with Crippen LogP contribution in [0.2, 0.25) is 5.02 Å². The van der Waals surface area contributed by atoms with Crippen LogP contribution in [-0.4, -0.2) is 29.9 Å². The van der Waals surface area contributed by atoms with Gasteiger partial charge in [-0.3, -0.25) is 4.79 Å². The number of rotatable bonds is 5. The molecule has 1 heterocycles. The van der Waals surface area contributed by atoms with Gasteiger partial charge in [0.05, 0.1) is 6.42 Å². The van der Waals surface area contributed by atoms with Gasteiger partial charge in [-0.05, 0) is 30.2 Å². The highest BCUT2D eigenvalue weighted by Gasteiger charge is 2.23. The Balaban J connectivity index is 1.60. The first-order valence-electron chi connectivity index (χ1n) is 8.10. The van der Waals surface area contributed by atoms with E-state index in [9.17, 15) is 4.79 Å². The number of nitrogens with zero attached hydrogens (tertiary/aromatic N) is 1. The Labute approximate surface area is 147 Å². The molecule has 1 aliphatic heterocycles. The molecule has 0 aliphatic carbocycles. The molecule has 1 fully saturated rings. The minimum atomic E-state index is 0.110. The maximum absolute atomic E-state index is 12.3. The molecule has 2 N–H and O–H groups in total. The maximum Gasteiger partial charge on any atom is 0.227 e. The molecule has 5 heteroatoms. The first-order valence-corrected chi connectivity index (χ1v) is 8.48. The zero-order chi connectivity index (χ0) is 16.9. The largest absolute Gasteiger partial charge is 0.489 e. The number of carbonyl (C=O) groups is 1. The summed E-state index contributed by atoms with van der Waals surface area (Å²) in [5.74, 6) is 0.851. The lowest BCUT2D eigenvalue weighted by atomic mass is 10.1. The van der Waals surface area contributed by atoms with Gasteiger partial charge in [0.25, 0.3) is 0 Å². The van der Waals surface area contributed by atoms with Crippen LogP contribution in [0.1, 0.15) is 17.5 Å². The Kier molecular flexibility index (Phi) is 5.38. The predicted molar refractivity (Wildman–Crippen MR) is 95.1 cm³/mol. The van der Waals surface area contributed by atoms with Crippen LogP contribution < -0.4 is 10.5 Å². The minimum absolute atomic E-state index is 0.110. The predicted octanol–water partition coefficient (Wildman–Crippen LogP) is 3.02. The molecule has 1 aliphatic rings. The molecule has 0 radical (unpaired) electrons. The van der Waals surface area contributed by atoms with Crippen molar-refractivity contribution in [2.75, 3.05) is 13.1 Å². The molecule has 1 saturated heterocycles. The van der Waals surface area contributed by atoms with Gasteiger partial charge in [0.15, 0.2) is 0 Å². The van der Waals surface area contributed by atoms with E-state index in [0.717, 1.165) is 29.8 Å². The van der Waals surface area contributed by atoms with E-state index in [0.29, 0.717) is 24.6 Å². The monoisotopic (exact) mass is 344 g/mol. The molecule has 0 saturated carbocycles. The lowest BCUT2D eigenvalue weighted by Gasteiger charge is -2.16. The van der Waals surface area contributed by atoms with Gasteiger partial charge in [-0.25, -0.2) is 0 Å². The van der Waals surface area contributed by atoms with Gasteiger partial charge in [-0.15, -0.1) is 0 Å². The van der Waals surface area contributed by atoms with Crippen LogP contribution in [0.25, 0.3) is 0 Å². The maximum atomic E-state index is 12.3. The van der Waals surface area contributed by atoms with Gasteiger partial charge >= 0.3 is 0 Å². The quantitative estimate of drug-likeness (QED) is 0.907. The third kappa shape index (κ3) is 4.28. The van der Waals surface area contributed by atoms with Crippen LogP contribution >= 0.6 is 11.6 Å². The van der Waals surface area contributed by atoms with Crippen molar-refractivity contribution < 1.29 is 9.53 Å². The minimum Gasteiger partial charge on any atom is -0.489 e. The van der Waals surface area contributed by atoms with Crippen LogP contribution in [0.3, 0.4) is 0 Å². The summed E-state index contributed by atoms with van der Waals surface area (Å²) in [5, 5.41) is 0.689. The zero-order valence-electron chi connectivity index (χ0n) is 13.5. The number of hydrogen-bond donors (Lipinski definition) is 1. The summed E-state index contributed by atoms with van der Waals surface area (Å²) < 4.78 is 5.81. The van der Waals surface area contributed by atoms with Crippen molar-refractivity contribution in [2.45, 2.75) is 25.5 Å². The second kappa shape index (κ2) is 7.69. The van der Waals surface area contributed by atoms with E-state index >= 15 is 0 Å². The highest BCUT2D eigenvalue weighted by molar-refractivity contribution is 6.31. The van der Waals surface area contributed by atoms with Crippen LogP contribution in [-0.2, 0) is 17.8 Å². The smallest absolute Gasteiger partial charge is 0.227 e. The Morgan fingerprint density at radius 1 is 1.25 bits per heavy atom. The van der Waals surface area contributed by atoms with Crippen LogP contribution in [0, 0.1) is 0 Å². The van der Waals surface area contributed by atoms with E-state index < -0.39 is 0 Å². The van der Waals surface area contributed by atoms with E-state index in [1.807, 2.05) is 53.4 Å². The van der Waals surface area contributed by atoms with Crippen molar-refractivity contribution in [3.8, 4) is 5.75 Å². The van der Waals surface area contributed by atoms with E-state index in [4.69, 9.17) is 22.1 Å². The van der Waals surface area contributed by atoms with Crippen molar-refractivity contribution in [3.05, 3.63) is 64.7 Å². The van der Waals surface area contributed by atoms with E-state index in [1.165, 1.54) is 0 Å². The Bertz CT molecular complexity index is 720.